The third kappa shape index (κ3) is 8.40. The molecule has 2 aliphatic carbocycles. The molecule has 2 saturated carbocycles. The predicted octanol–water partition coefficient (Wildman–Crippen LogP) is 3.36. The van der Waals surface area contributed by atoms with Crippen LogP contribution in [0, 0.1) is 11.8 Å². The fourth-order valence-corrected chi connectivity index (χ4v) is 6.20. The highest BCUT2D eigenvalue weighted by molar-refractivity contribution is 6.08. The van der Waals surface area contributed by atoms with Crippen LogP contribution < -0.4 is 16.4 Å². The smallest absolute Gasteiger partial charge is 0.326 e. The zero-order chi connectivity index (χ0) is 30.1. The highest BCUT2D eigenvalue weighted by Gasteiger charge is 2.38. The number of rotatable bonds is 12. The molecule has 1 aromatic carbocycles. The van der Waals surface area contributed by atoms with E-state index >= 15 is 0 Å². The maximum absolute atomic E-state index is 13.6. The lowest BCUT2D eigenvalue weighted by atomic mass is 9.84. The number of furan rings is 1. The lowest BCUT2D eigenvalue weighted by molar-refractivity contribution is -0.148. The molecule has 228 valence electrons. The molecule has 1 heterocycles. The van der Waals surface area contributed by atoms with Crippen LogP contribution in [-0.2, 0) is 19.2 Å². The van der Waals surface area contributed by atoms with Gasteiger partial charge in [-0.15, -0.1) is 0 Å². The Kier molecular flexibility index (Phi) is 11.1. The number of hydrogen-bond donors (Lipinski definition) is 4. The molecular weight excluding hydrogens is 540 g/mol. The normalized spacial score (nSPS) is 17.7. The number of carboxylic acid groups (broad SMARTS) is 1. The van der Waals surface area contributed by atoms with Crippen LogP contribution in [0.4, 0.5) is 0 Å². The van der Waals surface area contributed by atoms with Gasteiger partial charge in [-0.05, 0) is 36.8 Å². The molecule has 11 nitrogen and oxygen atoms in total. The number of carbonyl (C=O) groups is 5. The molecule has 0 radical (unpaired) electrons. The van der Waals surface area contributed by atoms with Crippen LogP contribution >= 0.6 is 0 Å². The molecule has 5 N–H and O–H groups in total. The van der Waals surface area contributed by atoms with Gasteiger partial charge in [0.2, 0.25) is 17.7 Å². The Labute approximate surface area is 245 Å². The molecule has 2 aliphatic rings. The molecule has 2 atom stereocenters. The highest BCUT2D eigenvalue weighted by Crippen LogP contribution is 2.30. The average molecular weight is 583 g/mol. The molecule has 4 amide bonds. The molecular formula is C31H42N4O7. The Morgan fingerprint density at radius 1 is 0.881 bits per heavy atom. The number of para-hydroxylation sites is 1. The summed E-state index contributed by atoms with van der Waals surface area (Å²) in [5.41, 5.74) is 6.47. The summed E-state index contributed by atoms with van der Waals surface area (Å²) < 4.78 is 5.67. The van der Waals surface area contributed by atoms with Crippen LogP contribution in [0.25, 0.3) is 11.0 Å². The van der Waals surface area contributed by atoms with E-state index in [0.29, 0.717) is 28.2 Å². The van der Waals surface area contributed by atoms with Crippen LogP contribution in [0.2, 0.25) is 0 Å². The second-order valence-electron chi connectivity index (χ2n) is 11.7. The highest BCUT2D eigenvalue weighted by atomic mass is 16.4. The number of carboxylic acids is 1. The monoisotopic (exact) mass is 582 g/mol. The van der Waals surface area contributed by atoms with E-state index < -0.39 is 54.8 Å². The number of aliphatic carboxylic acids is 1. The fourth-order valence-electron chi connectivity index (χ4n) is 6.20. The van der Waals surface area contributed by atoms with Gasteiger partial charge in [0, 0.05) is 5.39 Å². The molecule has 1 aromatic heterocycles. The Morgan fingerprint density at radius 2 is 1.50 bits per heavy atom. The summed E-state index contributed by atoms with van der Waals surface area (Å²) in [5.74, 6) is -3.86. The van der Waals surface area contributed by atoms with Crippen LogP contribution in [0.3, 0.4) is 0 Å². The first-order valence-corrected chi connectivity index (χ1v) is 15.1. The number of nitrogens with one attached hydrogen (secondary N) is 2. The van der Waals surface area contributed by atoms with Crippen LogP contribution in [-0.4, -0.2) is 64.8 Å². The van der Waals surface area contributed by atoms with E-state index in [1.54, 1.807) is 24.3 Å². The van der Waals surface area contributed by atoms with Gasteiger partial charge in [-0.3, -0.25) is 24.1 Å². The van der Waals surface area contributed by atoms with Crippen molar-refractivity contribution in [3.63, 3.8) is 0 Å². The van der Waals surface area contributed by atoms with Crippen molar-refractivity contribution in [2.24, 2.45) is 17.6 Å². The van der Waals surface area contributed by atoms with E-state index in [1.807, 2.05) is 0 Å². The van der Waals surface area contributed by atoms with Crippen molar-refractivity contribution in [2.75, 3.05) is 13.1 Å². The quantitative estimate of drug-likeness (QED) is 0.295. The molecule has 0 bridgehead atoms. The topological polar surface area (TPSA) is 172 Å². The van der Waals surface area contributed by atoms with Gasteiger partial charge in [-0.25, -0.2) is 4.79 Å². The third-order valence-corrected chi connectivity index (χ3v) is 8.51. The van der Waals surface area contributed by atoms with Gasteiger partial charge in [0.15, 0.2) is 5.76 Å². The number of benzene rings is 1. The first-order valence-electron chi connectivity index (χ1n) is 15.1. The van der Waals surface area contributed by atoms with E-state index in [4.69, 9.17) is 10.2 Å². The van der Waals surface area contributed by atoms with Crippen molar-refractivity contribution < 1.29 is 33.5 Å². The van der Waals surface area contributed by atoms with Crippen LogP contribution in [0.1, 0.15) is 87.6 Å². The third-order valence-electron chi connectivity index (χ3n) is 8.51. The Bertz CT molecular complexity index is 1230. The van der Waals surface area contributed by atoms with Gasteiger partial charge in [-0.1, -0.05) is 82.4 Å². The van der Waals surface area contributed by atoms with E-state index in [2.05, 4.69) is 10.6 Å². The Hall–Kier alpha value is -3.73. The van der Waals surface area contributed by atoms with E-state index in [1.165, 1.54) is 12.5 Å². The summed E-state index contributed by atoms with van der Waals surface area (Å²) in [6.45, 7) is -1.02. The van der Waals surface area contributed by atoms with Crippen LogP contribution in [0.15, 0.2) is 34.7 Å². The zero-order valence-electron chi connectivity index (χ0n) is 24.0. The van der Waals surface area contributed by atoms with Gasteiger partial charge >= 0.3 is 5.97 Å². The van der Waals surface area contributed by atoms with Crippen molar-refractivity contribution in [2.45, 2.75) is 89.1 Å². The minimum absolute atomic E-state index is 0.0567. The summed E-state index contributed by atoms with van der Waals surface area (Å²) in [4.78, 5) is 65.1. The molecule has 0 aliphatic heterocycles. The van der Waals surface area contributed by atoms with Crippen molar-refractivity contribution in [1.82, 2.24) is 15.5 Å². The summed E-state index contributed by atoms with van der Waals surface area (Å²) >= 11 is 0. The summed E-state index contributed by atoms with van der Waals surface area (Å²) in [5, 5.41) is 15.7. The molecule has 4 rings (SSSR count). The number of hydrogen-bond acceptors (Lipinski definition) is 7. The standard InChI is InChI=1S/C31H42N4O7/c32-23(15-20-9-3-1-4-10-20)29(38)34-18-27(36)33-19-28(37)35(24(31(40)41)16-21-11-5-2-6-12-21)30(39)26-17-22-13-7-8-14-25(22)42-26/h7-8,13-14,17,20-21,23-24H,1-6,9-12,15-16,18-19,32H2,(H,33,36)(H,34,38)(H,40,41)/t23-,24-/m0/s1. The lowest BCUT2D eigenvalue weighted by Gasteiger charge is -2.31. The average Bonchev–Trinajstić information content (AvgIpc) is 3.44. The molecule has 2 fully saturated rings. The first-order chi connectivity index (χ1) is 20.2. The second-order valence-corrected chi connectivity index (χ2v) is 11.7. The molecule has 0 unspecified atom stereocenters. The summed E-state index contributed by atoms with van der Waals surface area (Å²) in [7, 11) is 0. The van der Waals surface area contributed by atoms with Gasteiger partial charge in [0.25, 0.3) is 5.91 Å². The lowest BCUT2D eigenvalue weighted by Crippen LogP contribution is -2.53. The van der Waals surface area contributed by atoms with Gasteiger partial charge < -0.3 is 25.9 Å². The number of fused-ring (bicyclic) bond motifs is 1. The van der Waals surface area contributed by atoms with E-state index in [9.17, 15) is 29.1 Å². The fraction of sp³-hybridized carbons (Fsp3) is 0.581. The number of carbonyl (C=O) groups excluding carboxylic acids is 4. The van der Waals surface area contributed by atoms with E-state index in [0.717, 1.165) is 57.8 Å². The molecule has 11 heteroatoms. The maximum atomic E-state index is 13.6. The number of nitrogens with zero attached hydrogens (tertiary/aromatic N) is 1. The summed E-state index contributed by atoms with van der Waals surface area (Å²) in [6, 6.07) is 6.26. The van der Waals surface area contributed by atoms with Crippen molar-refractivity contribution in [3.05, 3.63) is 36.1 Å². The number of imide groups is 1. The van der Waals surface area contributed by atoms with Gasteiger partial charge in [0.1, 0.15) is 11.6 Å². The molecule has 0 spiro atoms. The van der Waals surface area contributed by atoms with Crippen molar-refractivity contribution in [1.29, 1.82) is 0 Å². The SMILES string of the molecule is N[C@@H](CC1CCCCC1)C(=O)NCC(=O)NCC(=O)N(C(=O)c1cc2ccccc2o1)[C@@H](CC1CCCCC1)C(=O)O. The Balaban J connectivity index is 1.40. The molecule has 2 aromatic rings. The van der Waals surface area contributed by atoms with Gasteiger partial charge in [-0.2, -0.15) is 0 Å². The molecule has 42 heavy (non-hydrogen) atoms. The number of amides is 4. The predicted molar refractivity (Wildman–Crippen MR) is 155 cm³/mol. The van der Waals surface area contributed by atoms with E-state index in [-0.39, 0.29) is 18.1 Å². The minimum atomic E-state index is -1.42. The minimum Gasteiger partial charge on any atom is -0.480 e. The van der Waals surface area contributed by atoms with Crippen molar-refractivity contribution in [3.8, 4) is 0 Å². The first kappa shape index (κ1) is 31.2. The largest absolute Gasteiger partial charge is 0.480 e. The van der Waals surface area contributed by atoms with Crippen LogP contribution in [0.5, 0.6) is 0 Å². The zero-order valence-corrected chi connectivity index (χ0v) is 24.0. The maximum Gasteiger partial charge on any atom is 0.326 e. The second kappa shape index (κ2) is 14.9. The number of nitrogens with two attached hydrogens (primary N) is 1. The van der Waals surface area contributed by atoms with Gasteiger partial charge in [0.05, 0.1) is 19.1 Å². The Morgan fingerprint density at radius 3 is 2.12 bits per heavy atom. The van der Waals surface area contributed by atoms with Crippen molar-refractivity contribution >= 4 is 40.6 Å². The summed E-state index contributed by atoms with van der Waals surface area (Å²) in [6.07, 6.45) is 10.9. The molecule has 0 saturated heterocycles.